The van der Waals surface area contributed by atoms with Gasteiger partial charge >= 0.3 is 12.1 Å². The molecule has 0 aliphatic heterocycles. The fourth-order valence-electron chi connectivity index (χ4n) is 1.58. The third kappa shape index (κ3) is 2.03. The maximum Gasteiger partial charge on any atom is 0.453 e. The first-order valence-electron chi connectivity index (χ1n) is 5.00. The van der Waals surface area contributed by atoms with Crippen LogP contribution in [-0.2, 0) is 11.0 Å². The van der Waals surface area contributed by atoms with E-state index in [0.29, 0.717) is 5.56 Å². The van der Waals surface area contributed by atoms with Crippen molar-refractivity contribution in [2.24, 2.45) is 0 Å². The van der Waals surface area contributed by atoms with Crippen molar-refractivity contribution in [2.75, 3.05) is 0 Å². The third-order valence-corrected chi connectivity index (χ3v) is 2.63. The fourth-order valence-corrected chi connectivity index (χ4v) is 1.58. The Morgan fingerprint density at radius 1 is 1.44 bits per heavy atom. The molecule has 0 bridgehead atoms. The number of halogens is 3. The molecule has 1 unspecified atom stereocenters. The van der Waals surface area contributed by atoms with E-state index in [1.807, 2.05) is 0 Å². The number of nitrogens with zero attached hydrogens (tertiary/aromatic N) is 1. The number of hydrogen-bond acceptors (Lipinski definition) is 3. The minimum Gasteiger partial charge on any atom is -0.481 e. The summed E-state index contributed by atoms with van der Waals surface area (Å²) >= 11 is 0. The highest BCUT2D eigenvalue weighted by Crippen LogP contribution is 2.35. The highest BCUT2D eigenvalue weighted by molar-refractivity contribution is 5.84. The second kappa shape index (κ2) is 4.01. The first-order chi connectivity index (χ1) is 8.30. The first-order valence-corrected chi connectivity index (χ1v) is 5.00. The van der Waals surface area contributed by atoms with E-state index < -0.39 is 23.8 Å². The SMILES string of the molecule is CC(C(=O)O)c1ccc2c(C(F)(F)F)onc2c1. The molecule has 0 aliphatic carbocycles. The summed E-state index contributed by atoms with van der Waals surface area (Å²) in [6.07, 6.45) is -4.62. The third-order valence-electron chi connectivity index (χ3n) is 2.63. The zero-order valence-corrected chi connectivity index (χ0v) is 9.15. The molecule has 18 heavy (non-hydrogen) atoms. The number of carbonyl (C=O) groups is 1. The maximum atomic E-state index is 12.5. The number of aliphatic carboxylic acids is 1. The summed E-state index contributed by atoms with van der Waals surface area (Å²) in [6.45, 7) is 1.44. The van der Waals surface area contributed by atoms with Crippen LogP contribution >= 0.6 is 0 Å². The largest absolute Gasteiger partial charge is 0.481 e. The molecular weight excluding hydrogens is 251 g/mol. The molecule has 0 saturated carbocycles. The van der Waals surface area contributed by atoms with Crippen LogP contribution in [0.25, 0.3) is 10.9 Å². The Bertz CT molecular complexity index is 603. The molecule has 1 N–H and O–H groups in total. The second-order valence-corrected chi connectivity index (χ2v) is 3.85. The van der Waals surface area contributed by atoms with Gasteiger partial charge in [0.05, 0.1) is 11.3 Å². The normalized spacial score (nSPS) is 13.8. The summed E-state index contributed by atoms with van der Waals surface area (Å²) < 4.78 is 41.8. The van der Waals surface area contributed by atoms with Gasteiger partial charge in [-0.3, -0.25) is 4.79 Å². The van der Waals surface area contributed by atoms with Gasteiger partial charge in [-0.1, -0.05) is 11.2 Å². The van der Waals surface area contributed by atoms with Crippen LogP contribution < -0.4 is 0 Å². The molecule has 0 radical (unpaired) electrons. The van der Waals surface area contributed by atoms with Crippen LogP contribution in [0.3, 0.4) is 0 Å². The van der Waals surface area contributed by atoms with Gasteiger partial charge < -0.3 is 9.63 Å². The van der Waals surface area contributed by atoms with Gasteiger partial charge in [-0.15, -0.1) is 0 Å². The molecular formula is C11H8F3NO3. The predicted octanol–water partition coefficient (Wildman–Crippen LogP) is 3.03. The lowest BCUT2D eigenvalue weighted by atomic mass is 10.00. The molecule has 0 aliphatic rings. The van der Waals surface area contributed by atoms with Crippen molar-refractivity contribution in [3.8, 4) is 0 Å². The van der Waals surface area contributed by atoms with E-state index >= 15 is 0 Å². The summed E-state index contributed by atoms with van der Waals surface area (Å²) in [5.74, 6) is -3.05. The number of alkyl halides is 3. The van der Waals surface area contributed by atoms with Gasteiger partial charge in [0.2, 0.25) is 5.76 Å². The number of carboxylic acid groups (broad SMARTS) is 1. The van der Waals surface area contributed by atoms with Crippen molar-refractivity contribution in [1.82, 2.24) is 5.16 Å². The molecule has 1 atom stereocenters. The van der Waals surface area contributed by atoms with E-state index in [-0.39, 0.29) is 10.9 Å². The predicted molar refractivity (Wildman–Crippen MR) is 55.1 cm³/mol. The van der Waals surface area contributed by atoms with Crippen LogP contribution in [0.4, 0.5) is 13.2 Å². The van der Waals surface area contributed by atoms with E-state index in [2.05, 4.69) is 9.68 Å². The lowest BCUT2D eigenvalue weighted by Crippen LogP contribution is -2.07. The van der Waals surface area contributed by atoms with Gasteiger partial charge in [-0.2, -0.15) is 13.2 Å². The highest BCUT2D eigenvalue weighted by Gasteiger charge is 2.38. The van der Waals surface area contributed by atoms with Gasteiger partial charge in [0, 0.05) is 0 Å². The van der Waals surface area contributed by atoms with E-state index in [0.717, 1.165) is 0 Å². The number of rotatable bonds is 2. The Morgan fingerprint density at radius 3 is 2.67 bits per heavy atom. The summed E-state index contributed by atoms with van der Waals surface area (Å²) in [5.41, 5.74) is 0.366. The van der Waals surface area contributed by atoms with E-state index in [9.17, 15) is 18.0 Å². The number of hydrogen-bond donors (Lipinski definition) is 1. The van der Waals surface area contributed by atoms with E-state index in [4.69, 9.17) is 5.11 Å². The Hall–Kier alpha value is -2.05. The van der Waals surface area contributed by atoms with Crippen molar-refractivity contribution in [3.63, 3.8) is 0 Å². The molecule has 2 rings (SSSR count). The monoisotopic (exact) mass is 259 g/mol. The summed E-state index contributed by atoms with van der Waals surface area (Å²) in [4.78, 5) is 10.8. The summed E-state index contributed by atoms with van der Waals surface area (Å²) in [5, 5.41) is 11.9. The summed E-state index contributed by atoms with van der Waals surface area (Å²) in [7, 11) is 0. The van der Waals surface area contributed by atoms with Crippen LogP contribution in [0.1, 0.15) is 24.2 Å². The molecule has 96 valence electrons. The Balaban J connectivity index is 2.53. The van der Waals surface area contributed by atoms with Crippen LogP contribution in [0.5, 0.6) is 0 Å². The van der Waals surface area contributed by atoms with Crippen LogP contribution in [0, 0.1) is 0 Å². The van der Waals surface area contributed by atoms with E-state index in [1.54, 1.807) is 0 Å². The number of benzene rings is 1. The van der Waals surface area contributed by atoms with Crippen molar-refractivity contribution >= 4 is 16.9 Å². The van der Waals surface area contributed by atoms with Gasteiger partial charge in [0.1, 0.15) is 5.52 Å². The highest BCUT2D eigenvalue weighted by atomic mass is 19.4. The van der Waals surface area contributed by atoms with Crippen molar-refractivity contribution in [2.45, 2.75) is 19.0 Å². The zero-order valence-electron chi connectivity index (χ0n) is 9.15. The lowest BCUT2D eigenvalue weighted by Gasteiger charge is -2.06. The molecule has 4 nitrogen and oxygen atoms in total. The molecule has 7 heteroatoms. The fraction of sp³-hybridized carbons (Fsp3) is 0.273. The average Bonchev–Trinajstić information content (AvgIpc) is 2.69. The molecule has 0 saturated heterocycles. The van der Waals surface area contributed by atoms with Gasteiger partial charge in [-0.05, 0) is 24.6 Å². The smallest absolute Gasteiger partial charge is 0.453 e. The van der Waals surface area contributed by atoms with Crippen LogP contribution in [0.15, 0.2) is 22.7 Å². The molecule has 1 aromatic carbocycles. The van der Waals surface area contributed by atoms with Crippen molar-refractivity contribution in [1.29, 1.82) is 0 Å². The topological polar surface area (TPSA) is 63.3 Å². The Kier molecular flexibility index (Phi) is 2.76. The van der Waals surface area contributed by atoms with Crippen LogP contribution in [-0.4, -0.2) is 16.2 Å². The van der Waals surface area contributed by atoms with Crippen molar-refractivity contribution < 1.29 is 27.6 Å². The minimum atomic E-state index is -4.62. The molecule has 2 aromatic rings. The van der Waals surface area contributed by atoms with E-state index in [1.165, 1.54) is 25.1 Å². The summed E-state index contributed by atoms with van der Waals surface area (Å²) in [6, 6.07) is 3.78. The first kappa shape index (κ1) is 12.4. The van der Waals surface area contributed by atoms with Crippen molar-refractivity contribution in [3.05, 3.63) is 29.5 Å². The van der Waals surface area contributed by atoms with Gasteiger partial charge in [-0.25, -0.2) is 0 Å². The molecule has 1 heterocycles. The Labute approximate surface area is 99.0 Å². The maximum absolute atomic E-state index is 12.5. The Morgan fingerprint density at radius 2 is 2.11 bits per heavy atom. The number of fused-ring (bicyclic) bond motifs is 1. The van der Waals surface area contributed by atoms with Crippen LogP contribution in [0.2, 0.25) is 0 Å². The lowest BCUT2D eigenvalue weighted by molar-refractivity contribution is -0.154. The standard InChI is InChI=1S/C11H8F3NO3/c1-5(10(16)17)6-2-3-7-8(4-6)15-18-9(7)11(12,13)14/h2-5H,1H3,(H,16,17). The second-order valence-electron chi connectivity index (χ2n) is 3.85. The number of carboxylic acids is 1. The van der Waals surface area contributed by atoms with Gasteiger partial charge in [0.15, 0.2) is 0 Å². The molecule has 1 aromatic heterocycles. The molecule has 0 amide bonds. The number of aromatic nitrogens is 1. The molecule has 0 spiro atoms. The quantitative estimate of drug-likeness (QED) is 0.900. The minimum absolute atomic E-state index is 0.00655. The van der Waals surface area contributed by atoms with Gasteiger partial charge in [0.25, 0.3) is 0 Å². The average molecular weight is 259 g/mol. The molecule has 0 fully saturated rings. The zero-order chi connectivity index (χ0) is 13.5.